The van der Waals surface area contributed by atoms with Crippen molar-refractivity contribution in [2.45, 2.75) is 63.1 Å². The van der Waals surface area contributed by atoms with Gasteiger partial charge >= 0.3 is 0 Å². The smallest absolute Gasteiger partial charge is 0.131 e. The number of aliphatic hydroxyl groups is 2. The third-order valence-electron chi connectivity index (χ3n) is 16.8. The molecule has 2 N–H and O–H groups in total. The monoisotopic (exact) mass is 852 g/mol. The summed E-state index contributed by atoms with van der Waals surface area (Å²) in [4.78, 5) is 9.36. The zero-order chi connectivity index (χ0) is 43.7. The molecule has 6 fully saturated rings. The highest BCUT2D eigenvalue weighted by atomic mass is 16.5. The molecule has 8 heterocycles. The molecule has 6 saturated heterocycles. The number of pyridine rings is 2. The summed E-state index contributed by atoms with van der Waals surface area (Å²) in [5.74, 6) is 3.29. The van der Waals surface area contributed by atoms with Crippen LogP contribution >= 0.6 is 0 Å². The zero-order valence-corrected chi connectivity index (χ0v) is 37.2. The number of methoxy groups -OCH3 is 2. The average Bonchev–Trinajstić information content (AvgIpc) is 3.36. The number of hydrogen-bond donors (Lipinski definition) is 2. The van der Waals surface area contributed by atoms with Crippen molar-refractivity contribution in [2.75, 3.05) is 40.4 Å². The summed E-state index contributed by atoms with van der Waals surface area (Å²) in [7, 11) is 3.38. The van der Waals surface area contributed by atoms with Crippen LogP contribution in [0, 0.1) is 23.7 Å². The van der Waals surface area contributed by atoms with E-state index in [9.17, 15) is 10.2 Å². The van der Waals surface area contributed by atoms with Gasteiger partial charge in [0.15, 0.2) is 0 Å². The molecule has 8 unspecified atom stereocenters. The van der Waals surface area contributed by atoms with Crippen LogP contribution in [0.15, 0.2) is 135 Å². The Labute approximate surface area is 376 Å². The van der Waals surface area contributed by atoms with Gasteiger partial charge < -0.3 is 28.7 Å². The molecule has 6 aliphatic rings. The van der Waals surface area contributed by atoms with Crippen LogP contribution in [0.3, 0.4) is 0 Å². The van der Waals surface area contributed by atoms with Crippen molar-refractivity contribution < 1.29 is 28.7 Å². The fourth-order valence-corrected chi connectivity index (χ4v) is 13.5. The van der Waals surface area contributed by atoms with E-state index in [2.05, 4.69) is 83.8 Å². The highest BCUT2D eigenvalue weighted by Crippen LogP contribution is 2.52. The summed E-state index contributed by atoms with van der Waals surface area (Å²) < 4.78 is 12.9. The average molecular weight is 853 g/mol. The second-order valence-electron chi connectivity index (χ2n) is 19.6. The van der Waals surface area contributed by atoms with Crippen LogP contribution in [0.4, 0.5) is 0 Å². The molecule has 8 heteroatoms. The largest absolute Gasteiger partial charge is 0.497 e. The highest BCUT2D eigenvalue weighted by molar-refractivity contribution is 6.05. The number of benzene rings is 5. The molecule has 0 saturated carbocycles. The molecule has 0 spiro atoms. The number of rotatable bonds is 12. The predicted octanol–water partition coefficient (Wildman–Crippen LogP) is 10.4. The molecular formula is C56H60N4O4+2. The van der Waals surface area contributed by atoms with E-state index in [0.717, 1.165) is 118 Å². The van der Waals surface area contributed by atoms with E-state index in [0.29, 0.717) is 23.7 Å². The number of quaternary nitrogens is 2. The van der Waals surface area contributed by atoms with Crippen LogP contribution in [-0.4, -0.2) is 81.6 Å². The molecule has 64 heavy (non-hydrogen) atoms. The second kappa shape index (κ2) is 16.1. The number of fused-ring (bicyclic) bond motifs is 10. The minimum atomic E-state index is -0.680. The third kappa shape index (κ3) is 6.55. The maximum Gasteiger partial charge on any atom is 0.131 e. The van der Waals surface area contributed by atoms with Gasteiger partial charge in [0.05, 0.1) is 51.4 Å². The fraction of sp³-hybridized carbons (Fsp3) is 0.357. The van der Waals surface area contributed by atoms with Crippen molar-refractivity contribution >= 4 is 43.4 Å². The van der Waals surface area contributed by atoms with Crippen molar-refractivity contribution in [2.24, 2.45) is 23.7 Å². The maximum atomic E-state index is 12.8. The Hall–Kier alpha value is -5.64. The number of nitrogens with zero attached hydrogens (tertiary/aromatic N) is 4. The third-order valence-corrected chi connectivity index (χ3v) is 16.8. The van der Waals surface area contributed by atoms with Gasteiger partial charge in [-0.05, 0) is 93.0 Å². The van der Waals surface area contributed by atoms with Gasteiger partial charge in [0.2, 0.25) is 0 Å². The Balaban J connectivity index is 1.03. The van der Waals surface area contributed by atoms with Crippen LogP contribution in [0.5, 0.6) is 11.5 Å². The van der Waals surface area contributed by atoms with E-state index >= 15 is 0 Å². The topological polar surface area (TPSA) is 84.7 Å². The molecular weight excluding hydrogens is 793 g/mol. The number of ether oxygens (including phenoxy) is 2. The lowest BCUT2D eigenvalue weighted by atomic mass is 9.70. The van der Waals surface area contributed by atoms with Gasteiger partial charge in [0.25, 0.3) is 0 Å². The van der Waals surface area contributed by atoms with Gasteiger partial charge in [0, 0.05) is 71.8 Å². The molecule has 10 atom stereocenters. The molecule has 0 amide bonds. The summed E-state index contributed by atoms with van der Waals surface area (Å²) in [6, 6.07) is 34.1. The van der Waals surface area contributed by atoms with E-state index in [1.54, 1.807) is 14.2 Å². The molecule has 8 nitrogen and oxygen atoms in total. The first-order valence-corrected chi connectivity index (χ1v) is 23.4. The van der Waals surface area contributed by atoms with Crippen molar-refractivity contribution in [3.05, 3.63) is 157 Å². The normalized spacial score (nSPS) is 28.4. The first-order valence-electron chi connectivity index (χ1n) is 23.4. The van der Waals surface area contributed by atoms with E-state index in [1.807, 2.05) is 60.9 Å². The summed E-state index contributed by atoms with van der Waals surface area (Å²) in [6.07, 6.45) is 10.8. The predicted molar refractivity (Wildman–Crippen MR) is 256 cm³/mol. The molecule has 5 aromatic carbocycles. The second-order valence-corrected chi connectivity index (χ2v) is 19.6. The van der Waals surface area contributed by atoms with Gasteiger partial charge in [-0.15, -0.1) is 13.2 Å². The molecule has 0 aliphatic carbocycles. The molecule has 0 radical (unpaired) electrons. The Bertz CT molecular complexity index is 2700. The van der Waals surface area contributed by atoms with Crippen molar-refractivity contribution in [1.29, 1.82) is 0 Å². The van der Waals surface area contributed by atoms with Crippen LogP contribution in [0.25, 0.3) is 43.4 Å². The molecule has 13 rings (SSSR count). The minimum Gasteiger partial charge on any atom is -0.497 e. The molecule has 4 bridgehead atoms. The van der Waals surface area contributed by atoms with Gasteiger partial charge in [-0.1, -0.05) is 60.7 Å². The van der Waals surface area contributed by atoms with E-state index in [4.69, 9.17) is 9.47 Å². The lowest BCUT2D eigenvalue weighted by molar-refractivity contribution is -0.984. The maximum absolute atomic E-state index is 12.8. The van der Waals surface area contributed by atoms with Crippen molar-refractivity contribution in [3.8, 4) is 11.5 Å². The fourth-order valence-electron chi connectivity index (χ4n) is 13.5. The first kappa shape index (κ1) is 41.1. The number of aromatic nitrogens is 2. The Morgan fingerprint density at radius 2 is 1.00 bits per heavy atom. The number of hydrogen-bond acceptors (Lipinski definition) is 6. The number of aliphatic hydroxyl groups excluding tert-OH is 2. The quantitative estimate of drug-likeness (QED) is 0.0724. The summed E-state index contributed by atoms with van der Waals surface area (Å²) in [5.41, 5.74) is 6.28. The highest BCUT2D eigenvalue weighted by Gasteiger charge is 2.56. The van der Waals surface area contributed by atoms with Gasteiger partial charge in [-0.3, -0.25) is 9.97 Å². The van der Waals surface area contributed by atoms with E-state index in [-0.39, 0.29) is 12.1 Å². The van der Waals surface area contributed by atoms with Crippen LogP contribution in [0.2, 0.25) is 0 Å². The summed E-state index contributed by atoms with van der Waals surface area (Å²) in [6.45, 7) is 14.3. The van der Waals surface area contributed by atoms with E-state index in [1.165, 1.54) is 32.7 Å². The lowest BCUT2D eigenvalue weighted by Crippen LogP contribution is -2.67. The minimum absolute atomic E-state index is 0.000695. The van der Waals surface area contributed by atoms with Crippen molar-refractivity contribution in [1.82, 2.24) is 9.97 Å². The standard InChI is InChI=1S/C56H60N4O4/c1-5-35-31-59(25-21-37(35)27-53(59)55(61)45-19-23-57-51-17-15-39(63-3)29-47(45)51)33-49-41-11-7-9-13-43(41)50(44-14-10-8-12-42(44)49)34-60-26-22-38(36(6-2)32-60)28-54(60)56(62)46-20-24-58-52-18-16-40(64-4)30-48(46)52/h5-20,23-24,29-30,35-38,53-56,61-62H,1-2,21-22,25-28,31-34H2,3-4H3/q+2/t35?,36?,37?,38?,53?,54?,55-,56-,59?,60?/m1/s1. The Morgan fingerprint density at radius 1 is 0.594 bits per heavy atom. The Morgan fingerprint density at radius 3 is 1.38 bits per heavy atom. The van der Waals surface area contributed by atoms with Crippen LogP contribution < -0.4 is 9.47 Å². The molecule has 6 aliphatic heterocycles. The molecule has 7 aromatic rings. The first-order chi connectivity index (χ1) is 31.3. The lowest BCUT2D eigenvalue weighted by Gasteiger charge is -2.58. The number of piperidine rings is 6. The van der Waals surface area contributed by atoms with Crippen LogP contribution in [-0.2, 0) is 13.1 Å². The van der Waals surface area contributed by atoms with Gasteiger partial charge in [-0.2, -0.15) is 0 Å². The molecule has 2 aromatic heterocycles. The zero-order valence-electron chi connectivity index (χ0n) is 37.2. The van der Waals surface area contributed by atoms with E-state index < -0.39 is 12.2 Å². The van der Waals surface area contributed by atoms with Gasteiger partial charge in [-0.25, -0.2) is 0 Å². The van der Waals surface area contributed by atoms with Gasteiger partial charge in [0.1, 0.15) is 48.9 Å². The Kier molecular flexibility index (Phi) is 10.3. The summed E-state index contributed by atoms with van der Waals surface area (Å²) in [5, 5.41) is 32.6. The molecule has 326 valence electrons. The van der Waals surface area contributed by atoms with Crippen LogP contribution in [0.1, 0.15) is 60.1 Å². The van der Waals surface area contributed by atoms with Crippen molar-refractivity contribution in [3.63, 3.8) is 0 Å². The SMILES string of the molecule is C=CC1C[N+]2(Cc3c4ccccc4c(C[N+]45CCC(CC4[C@H](O)c4ccnc6ccc(OC)cc46)C(C=C)C5)c4ccccc34)CCC1CC2[C@H](O)c1ccnc2ccc(OC)cc12. The summed E-state index contributed by atoms with van der Waals surface area (Å²) >= 11 is 0.